The van der Waals surface area contributed by atoms with Crippen molar-refractivity contribution in [3.05, 3.63) is 151 Å². The molecule has 12 aromatic rings. The monoisotopic (exact) mass is 759 g/mol. The second-order valence-electron chi connectivity index (χ2n) is 17.3. The number of nitrogens with one attached hydrogen (secondary N) is 1. The first-order valence-corrected chi connectivity index (χ1v) is 20.3. The summed E-state index contributed by atoms with van der Waals surface area (Å²) in [5.74, 6) is 0. The van der Waals surface area contributed by atoms with Gasteiger partial charge in [-0.2, -0.15) is 0 Å². The second kappa shape index (κ2) is 11.5. The van der Waals surface area contributed by atoms with Crippen molar-refractivity contribution in [2.24, 2.45) is 0 Å². The Hall–Kier alpha value is -7.18. The summed E-state index contributed by atoms with van der Waals surface area (Å²) in [6.07, 6.45) is 0. The van der Waals surface area contributed by atoms with Crippen LogP contribution < -0.4 is 16.2 Å². The van der Waals surface area contributed by atoms with E-state index in [0.717, 1.165) is 110 Å². The van der Waals surface area contributed by atoms with Crippen LogP contribution in [0.25, 0.3) is 104 Å². The molecule has 0 amide bonds. The van der Waals surface area contributed by atoms with Crippen LogP contribution in [0.4, 0.5) is 11.4 Å². The molecule has 13 rings (SSSR count). The molecule has 0 spiro atoms. The first kappa shape index (κ1) is 32.9. The van der Waals surface area contributed by atoms with E-state index in [-0.39, 0.29) is 5.41 Å². The van der Waals surface area contributed by atoms with Crippen LogP contribution in [0, 0.1) is 6.92 Å². The van der Waals surface area contributed by atoms with Crippen LogP contribution in [-0.4, -0.2) is 11.8 Å². The normalized spacial score (nSPS) is 12.9. The van der Waals surface area contributed by atoms with Gasteiger partial charge in [-0.3, -0.25) is 0 Å². The van der Waals surface area contributed by atoms with Crippen molar-refractivity contribution in [3.63, 3.8) is 0 Å². The lowest BCUT2D eigenvalue weighted by atomic mass is 9.58. The maximum absolute atomic E-state index is 6.52. The Morgan fingerprint density at radius 1 is 0.525 bits per heavy atom. The molecular formula is C53H36BN2O3. The molecule has 6 heteroatoms. The molecule has 0 atom stereocenters. The fourth-order valence-corrected chi connectivity index (χ4v) is 9.82. The highest BCUT2D eigenvalue weighted by Crippen LogP contribution is 2.45. The van der Waals surface area contributed by atoms with Gasteiger partial charge in [0.25, 0.3) is 0 Å². The third-order valence-electron chi connectivity index (χ3n) is 12.7. The average Bonchev–Trinajstić information content (AvgIpc) is 3.99. The smallest absolute Gasteiger partial charge is 0.198 e. The molecule has 59 heavy (non-hydrogen) atoms. The van der Waals surface area contributed by atoms with Gasteiger partial charge in [0, 0.05) is 71.6 Å². The van der Waals surface area contributed by atoms with Crippen LogP contribution in [0.5, 0.6) is 0 Å². The number of para-hydroxylation sites is 3. The van der Waals surface area contributed by atoms with E-state index in [1.54, 1.807) is 0 Å². The van der Waals surface area contributed by atoms with Crippen LogP contribution in [0.2, 0.25) is 0 Å². The van der Waals surface area contributed by atoms with Crippen molar-refractivity contribution in [2.75, 3.05) is 5.32 Å². The SMILES string of the molecule is Cc1cc(-c2cc3c(cc2Nc2ccc(C(C)(C)C)cc2)oc2ccccc23)c2c3c1c1cc4oc5ccccc5c4cc1n3-c1cc3c(cc1[B]2)oc1ccccc13. The van der Waals surface area contributed by atoms with Crippen LogP contribution in [0.15, 0.2) is 153 Å². The summed E-state index contributed by atoms with van der Waals surface area (Å²) < 4.78 is 22.0. The Balaban J connectivity index is 1.13. The number of aromatic nitrogens is 1. The minimum atomic E-state index is 0.0562. The predicted molar refractivity (Wildman–Crippen MR) is 246 cm³/mol. The van der Waals surface area contributed by atoms with E-state index in [2.05, 4.69) is 166 Å². The lowest BCUT2D eigenvalue weighted by Gasteiger charge is -2.25. The van der Waals surface area contributed by atoms with Crippen LogP contribution in [0.3, 0.4) is 0 Å². The molecule has 5 heterocycles. The zero-order chi connectivity index (χ0) is 39.3. The molecule has 0 fully saturated rings. The summed E-state index contributed by atoms with van der Waals surface area (Å²) in [6.45, 7) is 9.00. The fraction of sp³-hybridized carbons (Fsp3) is 0.0943. The van der Waals surface area contributed by atoms with Crippen molar-refractivity contribution >= 4 is 117 Å². The molecule has 8 aromatic carbocycles. The molecular weight excluding hydrogens is 723 g/mol. The minimum Gasteiger partial charge on any atom is -0.456 e. The molecule has 0 aliphatic carbocycles. The number of fused-ring (bicyclic) bond motifs is 14. The standard InChI is InChI=1S/C53H36BN2O3/c1-28-21-38(34-22-35-31-11-5-8-14-44(31)59-49(35)27-41(34)55-30-19-17-29(18-20-30)53(2,3)4)51-52-50(28)39-25-47-36(32-12-6-9-15-45(32)57-47)23-42(39)56(52)43-24-37-33-13-7-10-16-46(33)58-48(37)26-40(43)54-51/h5-27,55H,1-4H3. The van der Waals surface area contributed by atoms with Crippen molar-refractivity contribution in [1.82, 2.24) is 4.57 Å². The van der Waals surface area contributed by atoms with Crippen LogP contribution in [-0.2, 0) is 5.41 Å². The van der Waals surface area contributed by atoms with Gasteiger partial charge in [0.2, 0.25) is 0 Å². The molecule has 1 radical (unpaired) electrons. The largest absolute Gasteiger partial charge is 0.456 e. The molecule has 1 aliphatic rings. The summed E-state index contributed by atoms with van der Waals surface area (Å²) in [6, 6.07) is 49.8. The average molecular weight is 760 g/mol. The van der Waals surface area contributed by atoms with Gasteiger partial charge in [0.05, 0.1) is 11.2 Å². The summed E-state index contributed by atoms with van der Waals surface area (Å²) in [7, 11) is 2.37. The van der Waals surface area contributed by atoms with Gasteiger partial charge in [-0.05, 0) is 95.2 Å². The third kappa shape index (κ3) is 4.63. The molecule has 1 aliphatic heterocycles. The third-order valence-corrected chi connectivity index (χ3v) is 12.7. The highest BCUT2D eigenvalue weighted by atomic mass is 16.3. The van der Waals surface area contributed by atoms with Gasteiger partial charge in [0.1, 0.15) is 33.5 Å². The molecule has 0 unspecified atom stereocenters. The van der Waals surface area contributed by atoms with Crippen molar-refractivity contribution in [3.8, 4) is 16.8 Å². The van der Waals surface area contributed by atoms with Gasteiger partial charge in [-0.15, -0.1) is 0 Å². The number of nitrogens with zero attached hydrogens (tertiary/aromatic N) is 1. The number of aryl methyl sites for hydroxylation is 1. The van der Waals surface area contributed by atoms with E-state index >= 15 is 0 Å². The van der Waals surface area contributed by atoms with E-state index in [0.29, 0.717) is 0 Å². The Bertz CT molecular complexity index is 3780. The van der Waals surface area contributed by atoms with Gasteiger partial charge in [-0.1, -0.05) is 99.0 Å². The summed E-state index contributed by atoms with van der Waals surface area (Å²) in [5, 5.41) is 12.9. The van der Waals surface area contributed by atoms with E-state index in [4.69, 9.17) is 13.3 Å². The zero-order valence-electron chi connectivity index (χ0n) is 33.0. The van der Waals surface area contributed by atoms with E-state index in [9.17, 15) is 0 Å². The molecule has 1 N–H and O–H groups in total. The molecule has 0 bridgehead atoms. The Morgan fingerprint density at radius 2 is 1.10 bits per heavy atom. The molecule has 0 saturated carbocycles. The number of furan rings is 3. The molecule has 4 aromatic heterocycles. The lowest BCUT2D eigenvalue weighted by molar-refractivity contribution is 0.590. The van der Waals surface area contributed by atoms with E-state index in [1.807, 2.05) is 18.2 Å². The van der Waals surface area contributed by atoms with Crippen molar-refractivity contribution in [2.45, 2.75) is 33.1 Å². The summed E-state index contributed by atoms with van der Waals surface area (Å²) in [4.78, 5) is 0. The highest BCUT2D eigenvalue weighted by molar-refractivity contribution is 6.74. The number of rotatable bonds is 3. The van der Waals surface area contributed by atoms with Crippen LogP contribution >= 0.6 is 0 Å². The van der Waals surface area contributed by atoms with Crippen molar-refractivity contribution in [1.29, 1.82) is 0 Å². The molecule has 279 valence electrons. The van der Waals surface area contributed by atoms with Crippen LogP contribution in [0.1, 0.15) is 31.9 Å². The second-order valence-corrected chi connectivity index (χ2v) is 17.3. The fourth-order valence-electron chi connectivity index (χ4n) is 9.82. The lowest BCUT2D eigenvalue weighted by Crippen LogP contribution is -2.37. The van der Waals surface area contributed by atoms with E-state index in [1.165, 1.54) is 27.4 Å². The van der Waals surface area contributed by atoms with Gasteiger partial charge in [0.15, 0.2) is 7.28 Å². The zero-order valence-corrected chi connectivity index (χ0v) is 33.0. The molecule has 5 nitrogen and oxygen atoms in total. The first-order valence-electron chi connectivity index (χ1n) is 20.3. The van der Waals surface area contributed by atoms with Gasteiger partial charge >= 0.3 is 0 Å². The highest BCUT2D eigenvalue weighted by Gasteiger charge is 2.30. The number of hydrogen-bond donors (Lipinski definition) is 1. The van der Waals surface area contributed by atoms with Crippen molar-refractivity contribution < 1.29 is 13.3 Å². The maximum Gasteiger partial charge on any atom is 0.198 e. The Morgan fingerprint density at radius 3 is 1.75 bits per heavy atom. The summed E-state index contributed by atoms with van der Waals surface area (Å²) in [5.41, 5.74) is 17.8. The Labute approximate surface area is 339 Å². The van der Waals surface area contributed by atoms with E-state index < -0.39 is 0 Å². The number of benzene rings is 8. The minimum absolute atomic E-state index is 0.0562. The number of anilines is 2. The summed E-state index contributed by atoms with van der Waals surface area (Å²) >= 11 is 0. The Kier molecular flexibility index (Phi) is 6.40. The predicted octanol–water partition coefficient (Wildman–Crippen LogP) is 13.5. The first-order chi connectivity index (χ1) is 28.7. The maximum atomic E-state index is 6.52. The topological polar surface area (TPSA) is 56.4 Å². The van der Waals surface area contributed by atoms with Gasteiger partial charge in [-0.25, -0.2) is 0 Å². The van der Waals surface area contributed by atoms with Gasteiger partial charge < -0.3 is 23.1 Å². The molecule has 0 saturated heterocycles. The number of hydrogen-bond acceptors (Lipinski definition) is 4. The quantitative estimate of drug-likeness (QED) is 0.182.